The van der Waals surface area contributed by atoms with E-state index in [4.69, 9.17) is 0 Å². The van der Waals surface area contributed by atoms with E-state index < -0.39 is 6.04 Å². The predicted octanol–water partition coefficient (Wildman–Crippen LogP) is 2.25. The van der Waals surface area contributed by atoms with Crippen molar-refractivity contribution in [3.63, 3.8) is 0 Å². The fourth-order valence-electron chi connectivity index (χ4n) is 3.84. The molecule has 8 heteroatoms. The summed E-state index contributed by atoms with van der Waals surface area (Å²) in [5.41, 5.74) is 1.70. The molecule has 2 fully saturated rings. The Hall–Kier alpha value is -3.16. The quantitative estimate of drug-likeness (QED) is 0.863. The topological polar surface area (TPSA) is 68.8 Å². The number of halogens is 1. The minimum absolute atomic E-state index is 0.0949. The molecular weight excluding hydrogens is 373 g/mol. The van der Waals surface area contributed by atoms with Crippen molar-refractivity contribution >= 4 is 23.3 Å². The molecule has 3 amide bonds. The standard InChI is InChI=1S/C21H24FN5O2/c22-16-5-7-17(8-6-16)25-11-13-26(14-12-25)21(29)24-19-4-2-10-27(20(19)28)18-3-1-9-23-15-18/h1,3,5-9,15,19H,2,4,10-14H2,(H,24,29). The number of urea groups is 1. The van der Waals surface area contributed by atoms with E-state index in [-0.39, 0.29) is 17.8 Å². The van der Waals surface area contributed by atoms with Crippen molar-refractivity contribution in [1.82, 2.24) is 15.2 Å². The van der Waals surface area contributed by atoms with Gasteiger partial charge >= 0.3 is 6.03 Å². The number of anilines is 2. The van der Waals surface area contributed by atoms with Crippen LogP contribution < -0.4 is 15.1 Å². The molecule has 0 aliphatic carbocycles. The highest BCUT2D eigenvalue weighted by Gasteiger charge is 2.32. The molecular formula is C21H24FN5O2. The Labute approximate surface area is 169 Å². The fourth-order valence-corrected chi connectivity index (χ4v) is 3.84. The van der Waals surface area contributed by atoms with Gasteiger partial charge in [-0.05, 0) is 49.2 Å². The fraction of sp³-hybridized carbons (Fsp3) is 0.381. The molecule has 2 saturated heterocycles. The molecule has 0 radical (unpaired) electrons. The van der Waals surface area contributed by atoms with Crippen LogP contribution in [0.5, 0.6) is 0 Å². The van der Waals surface area contributed by atoms with Gasteiger partial charge in [0, 0.05) is 44.6 Å². The first kappa shape index (κ1) is 19.2. The zero-order valence-corrected chi connectivity index (χ0v) is 16.1. The van der Waals surface area contributed by atoms with Crippen LogP contribution in [0, 0.1) is 5.82 Å². The van der Waals surface area contributed by atoms with E-state index in [0.29, 0.717) is 39.1 Å². The molecule has 0 saturated carbocycles. The molecule has 3 heterocycles. The number of piperazine rings is 1. The van der Waals surface area contributed by atoms with Crippen LogP contribution in [0.2, 0.25) is 0 Å². The number of benzene rings is 1. The van der Waals surface area contributed by atoms with Gasteiger partial charge < -0.3 is 20.0 Å². The van der Waals surface area contributed by atoms with E-state index in [9.17, 15) is 14.0 Å². The lowest BCUT2D eigenvalue weighted by Gasteiger charge is -2.38. The van der Waals surface area contributed by atoms with Crippen molar-refractivity contribution in [2.75, 3.05) is 42.5 Å². The Bertz CT molecular complexity index is 853. The molecule has 0 bridgehead atoms. The summed E-state index contributed by atoms with van der Waals surface area (Å²) in [7, 11) is 0. The van der Waals surface area contributed by atoms with Crippen LogP contribution >= 0.6 is 0 Å². The Balaban J connectivity index is 1.32. The van der Waals surface area contributed by atoms with Gasteiger partial charge in [0.15, 0.2) is 0 Å². The van der Waals surface area contributed by atoms with Gasteiger partial charge in [0.25, 0.3) is 0 Å². The maximum atomic E-state index is 13.1. The molecule has 7 nitrogen and oxygen atoms in total. The van der Waals surface area contributed by atoms with Gasteiger partial charge in [-0.15, -0.1) is 0 Å². The molecule has 1 unspecified atom stereocenters. The number of hydrogen-bond donors (Lipinski definition) is 1. The number of amides is 3. The summed E-state index contributed by atoms with van der Waals surface area (Å²) in [5, 5.41) is 2.91. The average Bonchev–Trinajstić information content (AvgIpc) is 2.76. The number of nitrogens with zero attached hydrogens (tertiary/aromatic N) is 4. The molecule has 1 N–H and O–H groups in total. The second-order valence-corrected chi connectivity index (χ2v) is 7.30. The summed E-state index contributed by atoms with van der Waals surface area (Å²) < 4.78 is 13.1. The van der Waals surface area contributed by atoms with Crippen LogP contribution in [-0.2, 0) is 4.79 Å². The lowest BCUT2D eigenvalue weighted by Crippen LogP contribution is -2.58. The maximum absolute atomic E-state index is 13.1. The highest BCUT2D eigenvalue weighted by atomic mass is 19.1. The van der Waals surface area contributed by atoms with E-state index in [1.165, 1.54) is 12.1 Å². The number of carbonyl (C=O) groups excluding carboxylic acids is 2. The molecule has 1 atom stereocenters. The van der Waals surface area contributed by atoms with Crippen molar-refractivity contribution < 1.29 is 14.0 Å². The number of rotatable bonds is 3. The number of pyridine rings is 1. The normalized spacial score (nSPS) is 20.0. The molecule has 0 spiro atoms. The molecule has 2 aliphatic rings. The van der Waals surface area contributed by atoms with Gasteiger partial charge in [-0.3, -0.25) is 9.78 Å². The minimum atomic E-state index is -0.522. The first-order valence-electron chi connectivity index (χ1n) is 9.89. The minimum Gasteiger partial charge on any atom is -0.368 e. The number of carbonyl (C=O) groups is 2. The Morgan fingerprint density at radius 1 is 1.03 bits per heavy atom. The van der Waals surface area contributed by atoms with Crippen LogP contribution in [0.4, 0.5) is 20.6 Å². The maximum Gasteiger partial charge on any atom is 0.318 e. The first-order chi connectivity index (χ1) is 14.1. The first-order valence-corrected chi connectivity index (χ1v) is 9.89. The molecule has 2 aliphatic heterocycles. The van der Waals surface area contributed by atoms with Gasteiger partial charge in [-0.25, -0.2) is 9.18 Å². The van der Waals surface area contributed by atoms with Crippen LogP contribution in [0.25, 0.3) is 0 Å². The van der Waals surface area contributed by atoms with Crippen LogP contribution in [0.1, 0.15) is 12.8 Å². The highest BCUT2D eigenvalue weighted by Crippen LogP contribution is 2.21. The zero-order valence-electron chi connectivity index (χ0n) is 16.1. The van der Waals surface area contributed by atoms with E-state index >= 15 is 0 Å². The smallest absolute Gasteiger partial charge is 0.318 e. The van der Waals surface area contributed by atoms with E-state index in [2.05, 4.69) is 15.2 Å². The van der Waals surface area contributed by atoms with Crippen molar-refractivity contribution in [3.05, 3.63) is 54.6 Å². The molecule has 152 valence electrons. The second kappa shape index (κ2) is 8.46. The summed E-state index contributed by atoms with van der Waals surface area (Å²) in [6.07, 6.45) is 4.79. The lowest BCUT2D eigenvalue weighted by atomic mass is 10.0. The molecule has 4 rings (SSSR count). The predicted molar refractivity (Wildman–Crippen MR) is 108 cm³/mol. The third-order valence-corrected chi connectivity index (χ3v) is 5.45. The summed E-state index contributed by atoms with van der Waals surface area (Å²) >= 11 is 0. The molecule has 2 aromatic rings. The Morgan fingerprint density at radius 2 is 1.79 bits per heavy atom. The third-order valence-electron chi connectivity index (χ3n) is 5.45. The van der Waals surface area contributed by atoms with Crippen LogP contribution in [0.15, 0.2) is 48.8 Å². The SMILES string of the molecule is O=C(NC1CCCN(c2cccnc2)C1=O)N1CCN(c2ccc(F)cc2)CC1. The van der Waals surface area contributed by atoms with Crippen molar-refractivity contribution in [2.45, 2.75) is 18.9 Å². The zero-order chi connectivity index (χ0) is 20.2. The molecule has 1 aromatic heterocycles. The van der Waals surface area contributed by atoms with Gasteiger partial charge in [-0.2, -0.15) is 0 Å². The van der Waals surface area contributed by atoms with E-state index in [1.807, 2.05) is 6.07 Å². The summed E-state index contributed by atoms with van der Waals surface area (Å²) in [6, 6.07) is 9.29. The Morgan fingerprint density at radius 3 is 2.48 bits per heavy atom. The molecule has 1 aromatic carbocycles. The van der Waals surface area contributed by atoms with Gasteiger partial charge in [0.2, 0.25) is 5.91 Å². The number of hydrogen-bond acceptors (Lipinski definition) is 4. The van der Waals surface area contributed by atoms with Crippen molar-refractivity contribution in [1.29, 1.82) is 0 Å². The third kappa shape index (κ3) is 4.31. The Kier molecular flexibility index (Phi) is 5.59. The lowest BCUT2D eigenvalue weighted by molar-refractivity contribution is -0.121. The monoisotopic (exact) mass is 397 g/mol. The summed E-state index contributed by atoms with van der Waals surface area (Å²) in [6.45, 7) is 3.07. The van der Waals surface area contributed by atoms with E-state index in [1.54, 1.807) is 40.4 Å². The second-order valence-electron chi connectivity index (χ2n) is 7.30. The number of piperidine rings is 1. The summed E-state index contributed by atoms with van der Waals surface area (Å²) in [4.78, 5) is 35.2. The van der Waals surface area contributed by atoms with Crippen LogP contribution in [-0.4, -0.2) is 60.6 Å². The van der Waals surface area contributed by atoms with Crippen LogP contribution in [0.3, 0.4) is 0 Å². The van der Waals surface area contributed by atoms with Gasteiger partial charge in [-0.1, -0.05) is 0 Å². The van der Waals surface area contributed by atoms with Crippen molar-refractivity contribution in [3.8, 4) is 0 Å². The highest BCUT2D eigenvalue weighted by molar-refractivity contribution is 5.99. The molecule has 29 heavy (non-hydrogen) atoms. The van der Waals surface area contributed by atoms with Crippen molar-refractivity contribution in [2.24, 2.45) is 0 Å². The van der Waals surface area contributed by atoms with Gasteiger partial charge in [0.1, 0.15) is 11.9 Å². The number of nitrogens with one attached hydrogen (secondary N) is 1. The average molecular weight is 397 g/mol. The summed E-state index contributed by atoms with van der Waals surface area (Å²) in [5.74, 6) is -0.355. The number of aromatic nitrogens is 1. The van der Waals surface area contributed by atoms with Gasteiger partial charge in [0.05, 0.1) is 11.9 Å². The van der Waals surface area contributed by atoms with E-state index in [0.717, 1.165) is 17.8 Å². The largest absolute Gasteiger partial charge is 0.368 e.